The van der Waals surface area contributed by atoms with Crippen LogP contribution in [0, 0.1) is 0 Å². The number of carbonyl (C=O) groups is 1. The molecule has 0 aliphatic carbocycles. The summed E-state index contributed by atoms with van der Waals surface area (Å²) in [6.45, 7) is 7.79. The van der Waals surface area contributed by atoms with Gasteiger partial charge in [0.2, 0.25) is 0 Å². The highest BCUT2D eigenvalue weighted by atomic mass is 19.4. The lowest BCUT2D eigenvalue weighted by molar-refractivity contribution is -0.192. The summed E-state index contributed by atoms with van der Waals surface area (Å²) in [6, 6.07) is 0. The molecule has 0 radical (unpaired) electrons. The normalized spacial score (nSPS) is 13.8. The van der Waals surface area contributed by atoms with Crippen LogP contribution in [0.5, 0.6) is 0 Å². The molecule has 0 aromatic carbocycles. The fraction of sp³-hybridized carbons (Fsp3) is 0.417. The molecule has 1 aromatic heterocycles. The Balaban J connectivity index is 0.000000246. The van der Waals surface area contributed by atoms with Crippen molar-refractivity contribution < 1.29 is 23.1 Å². The number of nitrogens with zero attached hydrogens (tertiary/aromatic N) is 2. The molecule has 2 heterocycles. The van der Waals surface area contributed by atoms with Crippen LogP contribution in [0.25, 0.3) is 5.57 Å². The molecule has 0 saturated heterocycles. The van der Waals surface area contributed by atoms with Gasteiger partial charge in [0.15, 0.2) is 0 Å². The van der Waals surface area contributed by atoms with E-state index in [9.17, 15) is 13.2 Å². The molecule has 5 nitrogen and oxygen atoms in total. The molecule has 110 valence electrons. The number of hydrogen-bond donors (Lipinski definition) is 2. The lowest BCUT2D eigenvalue weighted by atomic mass is 10.0. The summed E-state index contributed by atoms with van der Waals surface area (Å²) in [5, 5.41) is 10.4. The quantitative estimate of drug-likeness (QED) is 0.824. The Kier molecular flexibility index (Phi) is 5.20. The average molecular weight is 289 g/mol. The first-order valence-corrected chi connectivity index (χ1v) is 5.73. The van der Waals surface area contributed by atoms with Crippen molar-refractivity contribution in [3.8, 4) is 0 Å². The lowest BCUT2D eigenvalue weighted by Crippen LogP contribution is -2.26. The van der Waals surface area contributed by atoms with E-state index in [4.69, 9.17) is 9.90 Å². The number of hydrogen-bond acceptors (Lipinski definition) is 4. The van der Waals surface area contributed by atoms with E-state index in [-0.39, 0.29) is 0 Å². The van der Waals surface area contributed by atoms with Crippen molar-refractivity contribution in [1.82, 2.24) is 15.3 Å². The highest BCUT2D eigenvalue weighted by Gasteiger charge is 2.38. The first-order chi connectivity index (χ1) is 9.23. The van der Waals surface area contributed by atoms with Gasteiger partial charge >= 0.3 is 12.1 Å². The van der Waals surface area contributed by atoms with Gasteiger partial charge in [-0.05, 0) is 25.5 Å². The number of carboxylic acids is 1. The zero-order chi connectivity index (χ0) is 15.3. The minimum atomic E-state index is -5.08. The highest BCUT2D eigenvalue weighted by molar-refractivity contribution is 5.73. The van der Waals surface area contributed by atoms with E-state index in [1.54, 1.807) is 6.33 Å². The number of aromatic nitrogens is 2. The summed E-state index contributed by atoms with van der Waals surface area (Å²) in [4.78, 5) is 17.4. The van der Waals surface area contributed by atoms with Crippen molar-refractivity contribution in [1.29, 1.82) is 0 Å². The topological polar surface area (TPSA) is 75.1 Å². The van der Waals surface area contributed by atoms with Crippen LogP contribution in [-0.2, 0) is 17.8 Å². The fourth-order valence-corrected chi connectivity index (χ4v) is 1.65. The number of allylic oxidation sites excluding steroid dienone is 1. The molecule has 0 bridgehead atoms. The largest absolute Gasteiger partial charge is 0.490 e. The Labute approximate surface area is 113 Å². The smallest absolute Gasteiger partial charge is 0.475 e. The molecule has 0 amide bonds. The molecule has 1 aliphatic heterocycles. The average Bonchev–Trinajstić information content (AvgIpc) is 2.37. The molecule has 0 fully saturated rings. The fourth-order valence-electron chi connectivity index (χ4n) is 1.65. The Morgan fingerprint density at radius 1 is 1.45 bits per heavy atom. The van der Waals surface area contributed by atoms with Crippen LogP contribution in [-0.4, -0.2) is 33.8 Å². The highest BCUT2D eigenvalue weighted by Crippen LogP contribution is 2.19. The first kappa shape index (κ1) is 16.1. The van der Waals surface area contributed by atoms with Crippen molar-refractivity contribution in [2.45, 2.75) is 26.1 Å². The van der Waals surface area contributed by atoms with Gasteiger partial charge in [-0.25, -0.2) is 14.8 Å². The van der Waals surface area contributed by atoms with E-state index in [2.05, 4.69) is 21.9 Å². The Morgan fingerprint density at radius 3 is 2.55 bits per heavy atom. The van der Waals surface area contributed by atoms with Gasteiger partial charge in [0.25, 0.3) is 0 Å². The van der Waals surface area contributed by atoms with Crippen LogP contribution >= 0.6 is 0 Å². The number of fused-ring (bicyclic) bond motifs is 1. The molecular weight excluding hydrogens is 275 g/mol. The summed E-state index contributed by atoms with van der Waals surface area (Å²) in [5.41, 5.74) is 4.46. The van der Waals surface area contributed by atoms with Gasteiger partial charge in [-0.15, -0.1) is 0 Å². The van der Waals surface area contributed by atoms with E-state index >= 15 is 0 Å². The second kappa shape index (κ2) is 6.47. The molecule has 0 atom stereocenters. The number of nitrogens with one attached hydrogen (secondary N) is 1. The summed E-state index contributed by atoms with van der Waals surface area (Å²) < 4.78 is 31.7. The van der Waals surface area contributed by atoms with Crippen LogP contribution in [0.2, 0.25) is 0 Å². The van der Waals surface area contributed by atoms with E-state index < -0.39 is 12.1 Å². The van der Waals surface area contributed by atoms with Gasteiger partial charge in [-0.3, -0.25) is 0 Å². The first-order valence-electron chi connectivity index (χ1n) is 5.73. The predicted octanol–water partition coefficient (Wildman–Crippen LogP) is 1.79. The second-order valence-corrected chi connectivity index (χ2v) is 4.16. The number of rotatable bonds is 1. The number of carboxylic acid groups (broad SMARTS) is 1. The van der Waals surface area contributed by atoms with Crippen LogP contribution in [0.1, 0.15) is 23.9 Å². The third kappa shape index (κ3) is 4.30. The van der Waals surface area contributed by atoms with Crippen molar-refractivity contribution in [3.05, 3.63) is 29.9 Å². The summed E-state index contributed by atoms with van der Waals surface area (Å²) >= 11 is 0. The molecule has 2 rings (SSSR count). The van der Waals surface area contributed by atoms with Crippen molar-refractivity contribution in [2.24, 2.45) is 0 Å². The van der Waals surface area contributed by atoms with Gasteiger partial charge in [-0.2, -0.15) is 13.2 Å². The monoisotopic (exact) mass is 289 g/mol. The van der Waals surface area contributed by atoms with Crippen LogP contribution < -0.4 is 5.32 Å². The second-order valence-electron chi connectivity index (χ2n) is 4.16. The zero-order valence-electron chi connectivity index (χ0n) is 10.8. The molecule has 1 aliphatic rings. The van der Waals surface area contributed by atoms with E-state index in [0.29, 0.717) is 0 Å². The number of aliphatic carboxylic acids is 1. The molecule has 0 unspecified atom stereocenters. The molecule has 0 saturated carbocycles. The van der Waals surface area contributed by atoms with E-state index in [0.717, 1.165) is 36.5 Å². The summed E-state index contributed by atoms with van der Waals surface area (Å²) in [6.07, 6.45) is -2.45. The number of halogens is 3. The maximum Gasteiger partial charge on any atom is 0.490 e. The van der Waals surface area contributed by atoms with Gasteiger partial charge in [0.05, 0.1) is 11.4 Å². The summed E-state index contributed by atoms with van der Waals surface area (Å²) in [7, 11) is 0. The van der Waals surface area contributed by atoms with Gasteiger partial charge < -0.3 is 10.4 Å². The van der Waals surface area contributed by atoms with E-state index in [1.807, 2.05) is 6.92 Å². The van der Waals surface area contributed by atoms with Gasteiger partial charge in [-0.1, -0.05) is 6.58 Å². The van der Waals surface area contributed by atoms with Crippen LogP contribution in [0.4, 0.5) is 13.2 Å². The SMILES string of the molecule is C=C(C)c1ncnc2c1CCNC2.O=C(O)C(F)(F)F. The predicted molar refractivity (Wildman–Crippen MR) is 65.8 cm³/mol. The third-order valence-corrected chi connectivity index (χ3v) is 2.53. The molecule has 20 heavy (non-hydrogen) atoms. The van der Waals surface area contributed by atoms with Crippen molar-refractivity contribution in [2.75, 3.05) is 6.54 Å². The summed E-state index contributed by atoms with van der Waals surface area (Å²) in [5.74, 6) is -2.76. The minimum absolute atomic E-state index is 0.859. The molecule has 0 spiro atoms. The lowest BCUT2D eigenvalue weighted by Gasteiger charge is -2.18. The molecule has 2 N–H and O–H groups in total. The van der Waals surface area contributed by atoms with E-state index in [1.165, 1.54) is 5.56 Å². The Bertz CT molecular complexity index is 515. The van der Waals surface area contributed by atoms with Gasteiger partial charge in [0, 0.05) is 12.1 Å². The van der Waals surface area contributed by atoms with Crippen LogP contribution in [0.3, 0.4) is 0 Å². The van der Waals surface area contributed by atoms with Crippen LogP contribution in [0.15, 0.2) is 12.9 Å². The third-order valence-electron chi connectivity index (χ3n) is 2.53. The maximum atomic E-state index is 10.6. The van der Waals surface area contributed by atoms with Gasteiger partial charge in [0.1, 0.15) is 6.33 Å². The molecule has 8 heteroatoms. The van der Waals surface area contributed by atoms with Crippen molar-refractivity contribution >= 4 is 11.5 Å². The van der Waals surface area contributed by atoms with Crippen molar-refractivity contribution in [3.63, 3.8) is 0 Å². The standard InChI is InChI=1S/C10H13N3.C2HF3O2/c1-7(2)10-8-3-4-11-5-9(8)12-6-13-10;3-2(4,5)1(6)7/h6,11H,1,3-5H2,2H3;(H,6,7). The number of alkyl halides is 3. The minimum Gasteiger partial charge on any atom is -0.475 e. The zero-order valence-corrected chi connectivity index (χ0v) is 10.8. The molecular formula is C12H14F3N3O2. The Hall–Kier alpha value is -1.96. The molecule has 1 aromatic rings. The Morgan fingerprint density at radius 2 is 2.05 bits per heavy atom. The maximum absolute atomic E-state index is 10.6.